The molecule has 22 heavy (non-hydrogen) atoms. The van der Waals surface area contributed by atoms with Gasteiger partial charge in [-0.25, -0.2) is 0 Å². The van der Waals surface area contributed by atoms with Crippen molar-refractivity contribution in [3.63, 3.8) is 0 Å². The van der Waals surface area contributed by atoms with Crippen LogP contribution in [0.1, 0.15) is 16.1 Å². The molecular weight excluding hydrogens is 340 g/mol. The molecule has 0 saturated carbocycles. The van der Waals surface area contributed by atoms with Crippen LogP contribution in [0.4, 0.5) is 0 Å². The Morgan fingerprint density at radius 1 is 1.00 bits per heavy atom. The van der Waals surface area contributed by atoms with E-state index in [1.165, 1.54) is 0 Å². The number of aromatic nitrogens is 2. The van der Waals surface area contributed by atoms with E-state index in [9.17, 15) is 4.79 Å². The lowest BCUT2D eigenvalue weighted by Gasteiger charge is -1.94. The van der Waals surface area contributed by atoms with Crippen molar-refractivity contribution in [3.05, 3.63) is 70.5 Å². The van der Waals surface area contributed by atoms with E-state index in [4.69, 9.17) is 0 Å². The zero-order valence-corrected chi connectivity index (χ0v) is 13.0. The summed E-state index contributed by atoms with van der Waals surface area (Å²) in [4.78, 5) is 16.2. The fraction of sp³-hybridized carbons (Fsp3) is 0. The minimum Gasteiger partial charge on any atom is -0.349 e. The van der Waals surface area contributed by atoms with Crippen LogP contribution in [0.2, 0.25) is 0 Å². The normalized spacial score (nSPS) is 12.9. The summed E-state index contributed by atoms with van der Waals surface area (Å²) in [5.74, 6) is 0.0758. The number of fused-ring (bicyclic) bond motifs is 7. The molecule has 0 radical (unpaired) electrons. The summed E-state index contributed by atoms with van der Waals surface area (Å²) < 4.78 is 3.01. The van der Waals surface area contributed by atoms with Crippen molar-refractivity contribution >= 4 is 43.5 Å². The van der Waals surface area contributed by atoms with E-state index in [1.807, 2.05) is 47.2 Å². The molecule has 3 nitrogen and oxygen atoms in total. The molecule has 0 atom stereocenters. The van der Waals surface area contributed by atoms with Crippen LogP contribution in [0.3, 0.4) is 0 Å². The molecule has 1 N–H and O–H groups in total. The SMILES string of the molecule is O=C1c2ccccc2-[n+]2ccc3c([nH]c4ccc(Br)cc43)c21. The Morgan fingerprint density at radius 2 is 1.86 bits per heavy atom. The molecule has 0 fully saturated rings. The fourth-order valence-corrected chi connectivity index (χ4v) is 3.68. The van der Waals surface area contributed by atoms with Gasteiger partial charge < -0.3 is 4.98 Å². The summed E-state index contributed by atoms with van der Waals surface area (Å²) in [7, 11) is 0. The Kier molecular flexibility index (Phi) is 2.23. The molecule has 0 aliphatic carbocycles. The zero-order valence-electron chi connectivity index (χ0n) is 11.4. The smallest absolute Gasteiger partial charge is 0.284 e. The summed E-state index contributed by atoms with van der Waals surface area (Å²) in [6.45, 7) is 0. The van der Waals surface area contributed by atoms with Crippen molar-refractivity contribution in [2.75, 3.05) is 0 Å². The molecule has 0 amide bonds. The molecule has 5 rings (SSSR count). The molecule has 0 saturated heterocycles. The quantitative estimate of drug-likeness (QED) is 0.423. The van der Waals surface area contributed by atoms with Crippen molar-refractivity contribution in [1.29, 1.82) is 0 Å². The summed E-state index contributed by atoms with van der Waals surface area (Å²) in [6, 6.07) is 15.9. The largest absolute Gasteiger partial charge is 0.349 e. The molecule has 2 aromatic heterocycles. The van der Waals surface area contributed by atoms with Crippen LogP contribution in [0, 0.1) is 0 Å². The molecule has 4 aromatic rings. The number of halogens is 1. The first-order valence-corrected chi connectivity index (χ1v) is 7.83. The lowest BCUT2D eigenvalue weighted by atomic mass is 10.1. The highest BCUT2D eigenvalue weighted by molar-refractivity contribution is 9.10. The number of hydrogen-bond donors (Lipinski definition) is 1. The van der Waals surface area contributed by atoms with Gasteiger partial charge in [-0.1, -0.05) is 28.1 Å². The Hall–Kier alpha value is -2.46. The van der Waals surface area contributed by atoms with Gasteiger partial charge >= 0.3 is 0 Å². The number of benzene rings is 2. The van der Waals surface area contributed by atoms with Crippen LogP contribution in [-0.2, 0) is 0 Å². The zero-order chi connectivity index (χ0) is 14.8. The number of aromatic amines is 1. The van der Waals surface area contributed by atoms with Gasteiger partial charge in [0.25, 0.3) is 11.5 Å². The fourth-order valence-electron chi connectivity index (χ4n) is 3.32. The van der Waals surface area contributed by atoms with Gasteiger partial charge in [-0.05, 0) is 24.3 Å². The Morgan fingerprint density at radius 3 is 2.77 bits per heavy atom. The molecule has 1 aliphatic rings. The Labute approximate surface area is 134 Å². The molecule has 4 heteroatoms. The van der Waals surface area contributed by atoms with Crippen LogP contribution in [0.25, 0.3) is 27.5 Å². The standard InChI is InChI=1S/C18H9BrN2O/c19-10-5-6-14-13(9-10)11-7-8-21-15-4-2-1-3-12(15)18(22)17(21)16(11)20-14/h1-9H/p+1. The number of carbonyl (C=O) groups excluding carboxylic acids is 1. The van der Waals surface area contributed by atoms with Gasteiger partial charge in [-0.3, -0.25) is 4.79 Å². The van der Waals surface area contributed by atoms with E-state index in [0.29, 0.717) is 5.69 Å². The van der Waals surface area contributed by atoms with Crippen molar-refractivity contribution < 1.29 is 9.36 Å². The number of hydrogen-bond acceptors (Lipinski definition) is 1. The van der Waals surface area contributed by atoms with Gasteiger partial charge in [-0.15, -0.1) is 0 Å². The highest BCUT2D eigenvalue weighted by Gasteiger charge is 2.37. The Bertz CT molecular complexity index is 1110. The first-order valence-electron chi connectivity index (χ1n) is 7.04. The van der Waals surface area contributed by atoms with Crippen LogP contribution in [0.15, 0.2) is 59.2 Å². The molecule has 2 aromatic carbocycles. The number of H-pyrrole nitrogens is 1. The van der Waals surface area contributed by atoms with Gasteiger partial charge in [0.1, 0.15) is 11.1 Å². The van der Waals surface area contributed by atoms with E-state index in [1.54, 1.807) is 0 Å². The second-order valence-corrected chi connectivity index (χ2v) is 6.40. The molecule has 0 spiro atoms. The molecule has 0 unspecified atom stereocenters. The van der Waals surface area contributed by atoms with Crippen LogP contribution < -0.4 is 4.57 Å². The third-order valence-electron chi connectivity index (χ3n) is 4.29. The Balaban J connectivity index is 1.96. The third-order valence-corrected chi connectivity index (χ3v) is 4.79. The highest BCUT2D eigenvalue weighted by Crippen LogP contribution is 2.32. The number of rotatable bonds is 0. The first-order chi connectivity index (χ1) is 10.7. The van der Waals surface area contributed by atoms with Gasteiger partial charge in [0.05, 0.1) is 0 Å². The summed E-state index contributed by atoms with van der Waals surface area (Å²) >= 11 is 3.51. The molecule has 1 aliphatic heterocycles. The van der Waals surface area contributed by atoms with Gasteiger partial charge in [-0.2, -0.15) is 4.57 Å². The topological polar surface area (TPSA) is 36.7 Å². The van der Waals surface area contributed by atoms with Crippen LogP contribution >= 0.6 is 15.9 Å². The second kappa shape index (κ2) is 4.05. The first kappa shape index (κ1) is 12.1. The average molecular weight is 350 g/mol. The predicted molar refractivity (Wildman–Crippen MR) is 88.5 cm³/mol. The number of para-hydroxylation sites is 1. The summed E-state index contributed by atoms with van der Waals surface area (Å²) in [5.41, 5.74) is 4.36. The maximum atomic E-state index is 12.8. The van der Waals surface area contributed by atoms with E-state index in [2.05, 4.69) is 33.0 Å². The number of nitrogens with one attached hydrogen (secondary N) is 1. The molecular formula is C18H10BrN2O+. The van der Waals surface area contributed by atoms with Crippen LogP contribution in [-0.4, -0.2) is 10.8 Å². The summed E-state index contributed by atoms with van der Waals surface area (Å²) in [5, 5.41) is 2.19. The minimum atomic E-state index is 0.0758. The summed E-state index contributed by atoms with van der Waals surface area (Å²) in [6.07, 6.45) is 1.98. The van der Waals surface area contributed by atoms with Crippen LogP contribution in [0.5, 0.6) is 0 Å². The number of nitrogens with zero attached hydrogens (tertiary/aromatic N) is 1. The second-order valence-electron chi connectivity index (χ2n) is 5.48. The van der Waals surface area contributed by atoms with Crippen molar-refractivity contribution in [1.82, 2.24) is 4.98 Å². The maximum absolute atomic E-state index is 12.8. The van der Waals surface area contributed by atoms with Crippen molar-refractivity contribution in [2.24, 2.45) is 0 Å². The van der Waals surface area contributed by atoms with Crippen molar-refractivity contribution in [3.8, 4) is 5.69 Å². The van der Waals surface area contributed by atoms with Gasteiger partial charge in [0.2, 0.25) is 5.69 Å². The lowest BCUT2D eigenvalue weighted by molar-refractivity contribution is -0.592. The average Bonchev–Trinajstić information content (AvgIpc) is 3.04. The minimum absolute atomic E-state index is 0.0758. The molecule has 104 valence electrons. The lowest BCUT2D eigenvalue weighted by Crippen LogP contribution is -2.31. The van der Waals surface area contributed by atoms with E-state index < -0.39 is 0 Å². The number of carbonyl (C=O) groups is 1. The van der Waals surface area contributed by atoms with Crippen molar-refractivity contribution in [2.45, 2.75) is 0 Å². The molecule has 3 heterocycles. The third kappa shape index (κ3) is 1.40. The predicted octanol–water partition coefficient (Wildman–Crippen LogP) is 3.90. The molecule has 0 bridgehead atoms. The van der Waals surface area contributed by atoms with Gasteiger partial charge in [0, 0.05) is 32.9 Å². The number of pyridine rings is 1. The monoisotopic (exact) mass is 349 g/mol. The van der Waals surface area contributed by atoms with Gasteiger partial charge in [0.15, 0.2) is 6.20 Å². The van der Waals surface area contributed by atoms with E-state index >= 15 is 0 Å². The highest BCUT2D eigenvalue weighted by atomic mass is 79.9. The van der Waals surface area contributed by atoms with E-state index in [0.717, 1.165) is 37.5 Å². The van der Waals surface area contributed by atoms with E-state index in [-0.39, 0.29) is 5.78 Å². The maximum Gasteiger partial charge on any atom is 0.284 e. The number of ketones is 1.